The summed E-state index contributed by atoms with van der Waals surface area (Å²) in [7, 11) is 1.87. The van der Waals surface area contributed by atoms with Gasteiger partial charge in [-0.3, -0.25) is 0 Å². The smallest absolute Gasteiger partial charge is 0.182 e. The second-order valence-electron chi connectivity index (χ2n) is 9.80. The number of fused-ring (bicyclic) bond motifs is 1. The summed E-state index contributed by atoms with van der Waals surface area (Å²) in [5.74, 6) is 0.640. The molecule has 198 valence electrons. The van der Waals surface area contributed by atoms with Crippen molar-refractivity contribution >= 4 is 17.0 Å². The van der Waals surface area contributed by atoms with E-state index in [1.54, 1.807) is 0 Å². The summed E-state index contributed by atoms with van der Waals surface area (Å²) in [6.07, 6.45) is 0.556. The molecule has 0 saturated carbocycles. The fraction of sp³-hybridized carbons (Fsp3) is 0.147. The summed E-state index contributed by atoms with van der Waals surface area (Å²) >= 11 is 0. The average Bonchev–Trinajstić information content (AvgIpc) is 3.46. The van der Waals surface area contributed by atoms with E-state index in [-0.39, 0.29) is 12.5 Å². The predicted octanol–water partition coefficient (Wildman–Crippen LogP) is 6.22. The lowest BCUT2D eigenvalue weighted by Crippen LogP contribution is -2.39. The summed E-state index contributed by atoms with van der Waals surface area (Å²) in [6, 6.07) is 43.5. The van der Waals surface area contributed by atoms with Crippen LogP contribution in [0.5, 0.6) is 0 Å². The van der Waals surface area contributed by atoms with E-state index in [1.165, 1.54) is 0 Å². The second kappa shape index (κ2) is 11.1. The van der Waals surface area contributed by atoms with Gasteiger partial charge in [-0.25, -0.2) is 9.67 Å². The molecule has 2 aromatic heterocycles. The number of benzene rings is 4. The Labute approximate surface area is 234 Å². The van der Waals surface area contributed by atoms with E-state index in [4.69, 9.17) is 15.3 Å². The normalized spacial score (nSPS) is 12.3. The van der Waals surface area contributed by atoms with E-state index >= 15 is 0 Å². The van der Waals surface area contributed by atoms with Crippen LogP contribution in [-0.2, 0) is 5.54 Å². The monoisotopic (exact) mass is 525 g/mol. The highest BCUT2D eigenvalue weighted by atomic mass is 16.3. The van der Waals surface area contributed by atoms with Crippen LogP contribution in [0.3, 0.4) is 0 Å². The molecule has 0 saturated heterocycles. The summed E-state index contributed by atoms with van der Waals surface area (Å²) in [5.41, 5.74) is 5.77. The molecule has 0 aliphatic rings. The molecule has 6 aromatic rings. The maximum Gasteiger partial charge on any atom is 0.182 e. The van der Waals surface area contributed by atoms with Crippen molar-refractivity contribution in [3.05, 3.63) is 155 Å². The molecule has 1 atom stereocenters. The third-order valence-electron chi connectivity index (χ3n) is 7.58. The lowest BCUT2D eigenvalue weighted by molar-refractivity contribution is 0.282. The van der Waals surface area contributed by atoms with E-state index in [0.717, 1.165) is 27.8 Å². The van der Waals surface area contributed by atoms with Gasteiger partial charge in [0, 0.05) is 19.6 Å². The number of aromatic nitrogens is 4. The average molecular weight is 526 g/mol. The Morgan fingerprint density at radius 1 is 0.750 bits per heavy atom. The molecule has 0 aliphatic heterocycles. The minimum absolute atomic E-state index is 0.0500. The molecule has 0 unspecified atom stereocenters. The molecule has 6 rings (SSSR count). The van der Waals surface area contributed by atoms with E-state index in [0.29, 0.717) is 23.4 Å². The Morgan fingerprint density at radius 3 is 1.73 bits per heavy atom. The van der Waals surface area contributed by atoms with E-state index in [2.05, 4.69) is 90.2 Å². The molecule has 40 heavy (non-hydrogen) atoms. The van der Waals surface area contributed by atoms with Crippen LogP contribution in [0.2, 0.25) is 0 Å². The van der Waals surface area contributed by atoms with E-state index in [1.807, 2.05) is 54.2 Å². The van der Waals surface area contributed by atoms with Crippen molar-refractivity contribution in [2.24, 2.45) is 0 Å². The zero-order chi connectivity index (χ0) is 27.4. The first kappa shape index (κ1) is 25.5. The Balaban J connectivity index is 1.71. The first-order valence-corrected chi connectivity index (χ1v) is 13.5. The van der Waals surface area contributed by atoms with Gasteiger partial charge in [-0.05, 0) is 40.3 Å². The lowest BCUT2D eigenvalue weighted by Gasteiger charge is -2.36. The molecule has 0 radical (unpaired) electrons. The third kappa shape index (κ3) is 4.32. The summed E-state index contributed by atoms with van der Waals surface area (Å²) in [4.78, 5) is 5.06. The van der Waals surface area contributed by atoms with Gasteiger partial charge in [-0.1, -0.05) is 127 Å². The molecule has 0 fully saturated rings. The van der Waals surface area contributed by atoms with Crippen LogP contribution in [0.1, 0.15) is 40.2 Å². The van der Waals surface area contributed by atoms with Gasteiger partial charge in [0.05, 0.1) is 0 Å². The molecule has 0 amide bonds. The lowest BCUT2D eigenvalue weighted by atomic mass is 9.77. The molecule has 6 nitrogen and oxygen atoms in total. The van der Waals surface area contributed by atoms with Crippen molar-refractivity contribution < 1.29 is 5.11 Å². The van der Waals surface area contributed by atoms with Gasteiger partial charge in [0.2, 0.25) is 0 Å². The van der Waals surface area contributed by atoms with Gasteiger partial charge in [-0.15, -0.1) is 5.10 Å². The highest BCUT2D eigenvalue weighted by Crippen LogP contribution is 2.43. The number of hydrogen-bond acceptors (Lipinski definition) is 5. The van der Waals surface area contributed by atoms with Crippen LogP contribution >= 0.6 is 0 Å². The number of nitrogens with zero attached hydrogens (tertiary/aromatic N) is 4. The maximum absolute atomic E-state index is 10.1. The van der Waals surface area contributed by atoms with Crippen LogP contribution < -0.4 is 5.32 Å². The quantitative estimate of drug-likeness (QED) is 0.219. The van der Waals surface area contributed by atoms with Crippen molar-refractivity contribution in [3.63, 3.8) is 0 Å². The van der Waals surface area contributed by atoms with E-state index < -0.39 is 5.54 Å². The van der Waals surface area contributed by atoms with Crippen LogP contribution in [0.15, 0.2) is 127 Å². The van der Waals surface area contributed by atoms with Crippen molar-refractivity contribution in [2.75, 3.05) is 19.0 Å². The number of rotatable bonds is 9. The molecular formula is C34H31N5O. The minimum atomic E-state index is -0.839. The number of anilines is 1. The molecule has 0 aliphatic carbocycles. The summed E-state index contributed by atoms with van der Waals surface area (Å²) in [5, 5.41) is 23.0. The van der Waals surface area contributed by atoms with Gasteiger partial charge < -0.3 is 10.4 Å². The fourth-order valence-corrected chi connectivity index (χ4v) is 5.77. The molecule has 4 aromatic carbocycles. The topological polar surface area (TPSA) is 75.9 Å². The molecule has 2 heterocycles. The number of hydrogen-bond donors (Lipinski definition) is 2. The van der Waals surface area contributed by atoms with Crippen LogP contribution in [0, 0.1) is 0 Å². The van der Waals surface area contributed by atoms with Gasteiger partial charge >= 0.3 is 0 Å². The zero-order valence-corrected chi connectivity index (χ0v) is 22.4. The first-order valence-electron chi connectivity index (χ1n) is 13.5. The third-order valence-corrected chi connectivity index (χ3v) is 7.58. The Bertz CT molecular complexity index is 1590. The minimum Gasteiger partial charge on any atom is -0.396 e. The van der Waals surface area contributed by atoms with Crippen molar-refractivity contribution in [2.45, 2.75) is 17.9 Å². The Hall–Kier alpha value is -4.81. The van der Waals surface area contributed by atoms with Gasteiger partial charge in [0.15, 0.2) is 5.65 Å². The highest BCUT2D eigenvalue weighted by molar-refractivity contribution is 5.79. The van der Waals surface area contributed by atoms with Crippen LogP contribution in [0.25, 0.3) is 11.2 Å². The second-order valence-corrected chi connectivity index (χ2v) is 9.80. The Kier molecular flexibility index (Phi) is 7.08. The summed E-state index contributed by atoms with van der Waals surface area (Å²) in [6.45, 7) is 0.0500. The van der Waals surface area contributed by atoms with Gasteiger partial charge in [-0.2, -0.15) is 0 Å². The van der Waals surface area contributed by atoms with Gasteiger partial charge in [0.1, 0.15) is 16.9 Å². The maximum atomic E-state index is 10.1. The fourth-order valence-electron chi connectivity index (χ4n) is 5.77. The standard InChI is InChI=1S/C34H31N5O/c1-35-31-24-30(29(22-23-40)25-14-6-2-7-15-25)32-33(36-31)39(38-37-32)34(26-16-8-3-9-17-26,27-18-10-4-11-19-27)28-20-12-5-13-21-28/h2-21,24,29,40H,22-23H2,1H3,(H,35,36)/t29-/m1/s1. The van der Waals surface area contributed by atoms with E-state index in [9.17, 15) is 5.11 Å². The molecule has 0 bridgehead atoms. The van der Waals surface area contributed by atoms with Gasteiger partial charge in [0.25, 0.3) is 0 Å². The Morgan fingerprint density at radius 2 is 1.25 bits per heavy atom. The molecular weight excluding hydrogens is 494 g/mol. The number of aliphatic hydroxyl groups is 1. The van der Waals surface area contributed by atoms with Crippen molar-refractivity contribution in [3.8, 4) is 0 Å². The molecule has 2 N–H and O–H groups in total. The number of aliphatic hydroxyl groups excluding tert-OH is 1. The highest BCUT2D eigenvalue weighted by Gasteiger charge is 2.41. The number of nitrogens with one attached hydrogen (secondary N) is 1. The van der Waals surface area contributed by atoms with Crippen LogP contribution in [0.4, 0.5) is 5.82 Å². The van der Waals surface area contributed by atoms with Crippen molar-refractivity contribution in [1.82, 2.24) is 20.0 Å². The predicted molar refractivity (Wildman–Crippen MR) is 159 cm³/mol. The largest absolute Gasteiger partial charge is 0.396 e. The first-order chi connectivity index (χ1) is 19.8. The SMILES string of the molecule is CNc1cc([C@H](CCO)c2ccccc2)c2nnn(C(c3ccccc3)(c3ccccc3)c3ccccc3)c2n1. The van der Waals surface area contributed by atoms with Crippen LogP contribution in [-0.4, -0.2) is 38.7 Å². The molecule has 0 spiro atoms. The number of pyridine rings is 1. The zero-order valence-electron chi connectivity index (χ0n) is 22.4. The molecule has 6 heteroatoms. The van der Waals surface area contributed by atoms with Crippen molar-refractivity contribution in [1.29, 1.82) is 0 Å². The summed E-state index contributed by atoms with van der Waals surface area (Å²) < 4.78 is 1.97.